The monoisotopic (exact) mass is 128 g/mol. The van der Waals surface area contributed by atoms with Crippen molar-refractivity contribution in [2.24, 2.45) is 0 Å². The number of aliphatic hydroxyl groups is 2. The van der Waals surface area contributed by atoms with E-state index in [1.165, 1.54) is 0 Å². The van der Waals surface area contributed by atoms with Crippen molar-refractivity contribution in [2.45, 2.75) is 12.5 Å². The topological polar surface area (TPSA) is 77.8 Å². The van der Waals surface area contributed by atoms with Crippen molar-refractivity contribution in [3.8, 4) is 0 Å². The van der Waals surface area contributed by atoms with E-state index < -0.39 is 18.2 Å². The summed E-state index contributed by atoms with van der Waals surface area (Å²) >= 11 is 0. The van der Waals surface area contributed by atoms with Crippen LogP contribution in [0.1, 0.15) is 6.92 Å². The second-order valence-electron chi connectivity index (χ2n) is 1.74. The Hall–Kier alpha value is -0.0126. The van der Waals surface area contributed by atoms with Crippen LogP contribution in [0.5, 0.6) is 0 Å². The van der Waals surface area contributed by atoms with Gasteiger partial charge in [0, 0.05) is 0 Å². The van der Waals surface area contributed by atoms with Gasteiger partial charge in [0.15, 0.2) is 5.60 Å². The molecule has 0 saturated carbocycles. The van der Waals surface area contributed by atoms with Crippen molar-refractivity contribution in [2.75, 3.05) is 6.61 Å². The van der Waals surface area contributed by atoms with E-state index in [-0.39, 0.29) is 18.9 Å². The molecule has 0 heterocycles. The van der Waals surface area contributed by atoms with Crippen molar-refractivity contribution in [1.82, 2.24) is 0 Å². The van der Waals surface area contributed by atoms with Gasteiger partial charge < -0.3 is 15.3 Å². The standard InChI is InChI=1S/C4H8O4.Li.H/c1-4(8,2-5)3(6)7;;/h5,8H,2H2,1H3,(H,6,7);;/t4-;;/m0../s1. The van der Waals surface area contributed by atoms with Gasteiger partial charge in [0.05, 0.1) is 6.61 Å². The molecule has 0 saturated heterocycles. The molecule has 0 aliphatic carbocycles. The van der Waals surface area contributed by atoms with E-state index in [4.69, 9.17) is 15.3 Å². The Morgan fingerprint density at radius 2 is 2.00 bits per heavy atom. The molecule has 0 bridgehead atoms. The van der Waals surface area contributed by atoms with E-state index in [1.54, 1.807) is 0 Å². The normalized spacial score (nSPS) is 15.4. The van der Waals surface area contributed by atoms with Crippen LogP contribution in [0.25, 0.3) is 0 Å². The molecule has 50 valence electrons. The second-order valence-corrected chi connectivity index (χ2v) is 1.74. The zero-order valence-electron chi connectivity index (χ0n) is 4.46. The van der Waals surface area contributed by atoms with Crippen LogP contribution in [-0.4, -0.2) is 52.4 Å². The van der Waals surface area contributed by atoms with E-state index in [9.17, 15) is 4.79 Å². The first kappa shape index (κ1) is 11.7. The zero-order chi connectivity index (χ0) is 6.78. The molecule has 1 atom stereocenters. The maximum absolute atomic E-state index is 9.84. The molecular weight excluding hydrogens is 119 g/mol. The summed E-state index contributed by atoms with van der Waals surface area (Å²) in [5.41, 5.74) is -1.99. The van der Waals surface area contributed by atoms with Gasteiger partial charge in [-0.3, -0.25) is 0 Å². The summed E-state index contributed by atoms with van der Waals surface area (Å²) in [4.78, 5) is 9.84. The van der Waals surface area contributed by atoms with Crippen LogP contribution in [0.2, 0.25) is 0 Å². The third-order valence-corrected chi connectivity index (χ3v) is 0.769. The van der Waals surface area contributed by atoms with Crippen LogP contribution in [0.15, 0.2) is 0 Å². The molecule has 3 N–H and O–H groups in total. The molecule has 0 aromatic rings. The van der Waals surface area contributed by atoms with Gasteiger partial charge in [-0.25, -0.2) is 4.79 Å². The van der Waals surface area contributed by atoms with Gasteiger partial charge in [-0.1, -0.05) is 0 Å². The Balaban J connectivity index is 0. The Kier molecular flexibility index (Phi) is 5.10. The molecule has 0 aliphatic rings. The van der Waals surface area contributed by atoms with E-state index in [2.05, 4.69) is 0 Å². The summed E-state index contributed by atoms with van der Waals surface area (Å²) in [6, 6.07) is 0. The molecule has 0 unspecified atom stereocenters. The predicted octanol–water partition coefficient (Wildman–Crippen LogP) is -1.83. The van der Waals surface area contributed by atoms with Gasteiger partial charge in [0.1, 0.15) is 0 Å². The molecule has 4 nitrogen and oxygen atoms in total. The molecular formula is C4H9LiO4. The fraction of sp³-hybridized carbons (Fsp3) is 0.750. The molecule has 0 aliphatic heterocycles. The van der Waals surface area contributed by atoms with Gasteiger partial charge in [-0.05, 0) is 6.92 Å². The maximum atomic E-state index is 9.84. The summed E-state index contributed by atoms with van der Waals surface area (Å²) in [5, 5.41) is 24.7. The number of rotatable bonds is 2. The minimum atomic E-state index is -1.99. The molecule has 0 amide bonds. The molecule has 0 spiro atoms. The van der Waals surface area contributed by atoms with E-state index in [0.29, 0.717) is 0 Å². The molecule has 0 fully saturated rings. The van der Waals surface area contributed by atoms with E-state index in [1.807, 2.05) is 0 Å². The van der Waals surface area contributed by atoms with Crippen molar-refractivity contribution in [3.63, 3.8) is 0 Å². The van der Waals surface area contributed by atoms with Gasteiger partial charge >= 0.3 is 24.8 Å². The third kappa shape index (κ3) is 3.54. The Bertz CT molecular complexity index is 101. The number of carbonyl (C=O) groups is 1. The minimum absolute atomic E-state index is 0. The fourth-order valence-electron chi connectivity index (χ4n) is 0.0676. The molecule has 0 rings (SSSR count). The van der Waals surface area contributed by atoms with Gasteiger partial charge in [-0.2, -0.15) is 0 Å². The first-order chi connectivity index (χ1) is 3.50. The number of hydrogen-bond donors (Lipinski definition) is 3. The molecule has 0 aromatic carbocycles. The number of carboxylic acids is 1. The number of aliphatic carboxylic acids is 1. The number of aliphatic hydroxyl groups excluding tert-OH is 1. The molecule has 0 aromatic heterocycles. The summed E-state index contributed by atoms with van der Waals surface area (Å²) < 4.78 is 0. The Labute approximate surface area is 64.7 Å². The van der Waals surface area contributed by atoms with Crippen molar-refractivity contribution < 1.29 is 20.1 Å². The van der Waals surface area contributed by atoms with Gasteiger partial charge in [0.2, 0.25) is 0 Å². The van der Waals surface area contributed by atoms with Crippen LogP contribution >= 0.6 is 0 Å². The molecule has 5 heteroatoms. The summed E-state index contributed by atoms with van der Waals surface area (Å²) in [6.07, 6.45) is 0. The molecule has 9 heavy (non-hydrogen) atoms. The SMILES string of the molecule is C[C@](O)(CO)C(=O)O.[LiH]. The summed E-state index contributed by atoms with van der Waals surface area (Å²) in [5.74, 6) is -1.42. The number of carboxylic acid groups (broad SMARTS) is 1. The van der Waals surface area contributed by atoms with Crippen LogP contribution in [-0.2, 0) is 4.79 Å². The van der Waals surface area contributed by atoms with Crippen LogP contribution < -0.4 is 0 Å². The number of hydrogen-bond acceptors (Lipinski definition) is 3. The summed E-state index contributed by atoms with van der Waals surface area (Å²) in [7, 11) is 0. The van der Waals surface area contributed by atoms with Gasteiger partial charge in [0.25, 0.3) is 0 Å². The zero-order valence-corrected chi connectivity index (χ0v) is 4.46. The van der Waals surface area contributed by atoms with Crippen molar-refractivity contribution in [1.29, 1.82) is 0 Å². The predicted molar refractivity (Wildman–Crippen MR) is 32.5 cm³/mol. The van der Waals surface area contributed by atoms with Crippen LogP contribution in [0.4, 0.5) is 0 Å². The summed E-state index contributed by atoms with van der Waals surface area (Å²) in [6.45, 7) is 0.262. The van der Waals surface area contributed by atoms with Crippen molar-refractivity contribution >= 4 is 24.8 Å². The first-order valence-corrected chi connectivity index (χ1v) is 2.07. The van der Waals surface area contributed by atoms with Crippen LogP contribution in [0, 0.1) is 0 Å². The van der Waals surface area contributed by atoms with E-state index >= 15 is 0 Å². The van der Waals surface area contributed by atoms with Crippen LogP contribution in [0.3, 0.4) is 0 Å². The first-order valence-electron chi connectivity index (χ1n) is 2.07. The Morgan fingerprint density at radius 1 is 1.67 bits per heavy atom. The quantitative estimate of drug-likeness (QED) is 0.382. The fourth-order valence-corrected chi connectivity index (χ4v) is 0.0676. The third-order valence-electron chi connectivity index (χ3n) is 0.769. The average molecular weight is 128 g/mol. The molecule has 0 radical (unpaired) electrons. The van der Waals surface area contributed by atoms with Crippen molar-refractivity contribution in [3.05, 3.63) is 0 Å². The van der Waals surface area contributed by atoms with Gasteiger partial charge in [-0.15, -0.1) is 0 Å². The second kappa shape index (κ2) is 3.91. The Morgan fingerprint density at radius 3 is 2.00 bits per heavy atom. The average Bonchev–Trinajstić information content (AvgIpc) is 1.67. The van der Waals surface area contributed by atoms with E-state index in [0.717, 1.165) is 6.92 Å².